The van der Waals surface area contributed by atoms with Crippen LogP contribution in [0.25, 0.3) is 0 Å². The normalized spacial score (nSPS) is 13.1. The van der Waals surface area contributed by atoms with Crippen molar-refractivity contribution in [2.45, 2.75) is 6.42 Å². The van der Waals surface area contributed by atoms with Gasteiger partial charge in [-0.15, -0.1) is 0 Å². The molecule has 1 aliphatic heterocycles. The molecule has 0 radical (unpaired) electrons. The smallest absolute Gasteiger partial charge is 0.283 e. The van der Waals surface area contributed by atoms with Gasteiger partial charge in [0.15, 0.2) is 11.5 Å². The number of hydrogen-bond donors (Lipinski definition) is 2. The molecule has 0 atom stereocenters. The van der Waals surface area contributed by atoms with E-state index in [4.69, 9.17) is 32.7 Å². The fourth-order valence-corrected chi connectivity index (χ4v) is 4.08. The fourth-order valence-electron chi connectivity index (χ4n) is 3.74. The van der Waals surface area contributed by atoms with Crippen LogP contribution in [0.4, 0.5) is 11.4 Å². The molecule has 1 heterocycles. The zero-order valence-corrected chi connectivity index (χ0v) is 21.5. The quantitative estimate of drug-likeness (QED) is 0.380. The average molecular weight is 540 g/mol. The Morgan fingerprint density at radius 2 is 1.54 bits per heavy atom. The van der Waals surface area contributed by atoms with Crippen LogP contribution in [0.5, 0.6) is 11.5 Å². The molecular weight excluding hydrogens is 517 g/mol. The fraction of sp³-hybridized carbons (Fsp3) is 0.148. The third-order valence-corrected chi connectivity index (χ3v) is 6.28. The molecule has 0 saturated heterocycles. The molecule has 2 N–H and O–H groups in total. The summed E-state index contributed by atoms with van der Waals surface area (Å²) in [5.74, 6) is -0.202. The maximum absolute atomic E-state index is 12.9. The van der Waals surface area contributed by atoms with E-state index in [-0.39, 0.29) is 16.6 Å². The molecule has 37 heavy (non-hydrogen) atoms. The lowest BCUT2D eigenvalue weighted by Gasteiger charge is -2.15. The monoisotopic (exact) mass is 539 g/mol. The number of carbonyl (C=O) groups is 3. The number of benzene rings is 3. The Kier molecular flexibility index (Phi) is 8.01. The zero-order chi connectivity index (χ0) is 26.5. The second kappa shape index (κ2) is 11.4. The van der Waals surface area contributed by atoms with Crippen molar-refractivity contribution in [3.05, 3.63) is 93.6 Å². The van der Waals surface area contributed by atoms with Gasteiger partial charge in [0.2, 0.25) is 0 Å². The highest BCUT2D eigenvalue weighted by Gasteiger charge is 2.38. The van der Waals surface area contributed by atoms with Crippen LogP contribution >= 0.6 is 23.2 Å². The third-order valence-electron chi connectivity index (χ3n) is 5.68. The van der Waals surface area contributed by atoms with Crippen molar-refractivity contribution < 1.29 is 23.9 Å². The number of imide groups is 1. The van der Waals surface area contributed by atoms with Crippen LogP contribution in [0.15, 0.2) is 77.5 Å². The van der Waals surface area contributed by atoms with E-state index < -0.39 is 11.8 Å². The molecule has 0 unspecified atom stereocenters. The van der Waals surface area contributed by atoms with E-state index in [0.717, 1.165) is 10.5 Å². The predicted octanol–water partition coefficient (Wildman–Crippen LogP) is 4.77. The molecule has 190 valence electrons. The molecule has 8 nitrogen and oxygen atoms in total. The maximum Gasteiger partial charge on any atom is 0.283 e. The zero-order valence-electron chi connectivity index (χ0n) is 20.0. The average Bonchev–Trinajstić information content (AvgIpc) is 3.12. The van der Waals surface area contributed by atoms with Crippen LogP contribution in [0.1, 0.15) is 15.9 Å². The molecule has 0 spiro atoms. The Morgan fingerprint density at radius 3 is 2.19 bits per heavy atom. The lowest BCUT2D eigenvalue weighted by molar-refractivity contribution is -0.120. The first-order valence-corrected chi connectivity index (χ1v) is 12.0. The molecule has 3 amide bonds. The molecule has 1 aliphatic rings. The first kappa shape index (κ1) is 26.1. The number of methoxy groups -OCH3 is 2. The number of amides is 3. The van der Waals surface area contributed by atoms with E-state index >= 15 is 0 Å². The Morgan fingerprint density at radius 1 is 0.865 bits per heavy atom. The Balaban J connectivity index is 1.35. The third kappa shape index (κ3) is 5.71. The van der Waals surface area contributed by atoms with Crippen LogP contribution in [-0.2, 0) is 16.0 Å². The first-order chi connectivity index (χ1) is 17.8. The van der Waals surface area contributed by atoms with Crippen molar-refractivity contribution >= 4 is 52.3 Å². The molecule has 3 aromatic rings. The highest BCUT2D eigenvalue weighted by Crippen LogP contribution is 2.31. The highest BCUT2D eigenvalue weighted by molar-refractivity contribution is 6.53. The Bertz CT molecular complexity index is 1370. The summed E-state index contributed by atoms with van der Waals surface area (Å²) < 4.78 is 10.5. The van der Waals surface area contributed by atoms with Crippen molar-refractivity contribution in [1.29, 1.82) is 0 Å². The van der Waals surface area contributed by atoms with Crippen molar-refractivity contribution in [2.75, 3.05) is 31.0 Å². The maximum atomic E-state index is 12.9. The van der Waals surface area contributed by atoms with Crippen LogP contribution in [-0.4, -0.2) is 38.5 Å². The molecule has 0 saturated carbocycles. The second-order valence-electron chi connectivity index (χ2n) is 8.01. The van der Waals surface area contributed by atoms with Crippen molar-refractivity contribution in [3.8, 4) is 11.5 Å². The van der Waals surface area contributed by atoms with Gasteiger partial charge in [0.1, 0.15) is 10.7 Å². The summed E-state index contributed by atoms with van der Waals surface area (Å²) in [5.41, 5.74) is 2.23. The number of nitrogens with one attached hydrogen (secondary N) is 2. The van der Waals surface area contributed by atoms with E-state index in [1.54, 1.807) is 62.8 Å². The second-order valence-corrected chi connectivity index (χ2v) is 8.82. The number of hydrogen-bond acceptors (Lipinski definition) is 6. The van der Waals surface area contributed by atoms with Crippen LogP contribution in [0, 0.1) is 0 Å². The van der Waals surface area contributed by atoms with Gasteiger partial charge in [-0.25, -0.2) is 4.90 Å². The van der Waals surface area contributed by atoms with Gasteiger partial charge in [-0.05, 0) is 72.6 Å². The number of carbonyl (C=O) groups excluding carboxylic acids is 3. The van der Waals surface area contributed by atoms with Crippen LogP contribution in [0.3, 0.4) is 0 Å². The van der Waals surface area contributed by atoms with E-state index in [2.05, 4.69) is 10.6 Å². The summed E-state index contributed by atoms with van der Waals surface area (Å²) in [6.45, 7) is 0.425. The Hall–Kier alpha value is -4.01. The van der Waals surface area contributed by atoms with Crippen LogP contribution < -0.4 is 25.0 Å². The molecule has 0 aromatic heterocycles. The summed E-state index contributed by atoms with van der Waals surface area (Å²) in [4.78, 5) is 39.0. The number of nitrogens with zero attached hydrogens (tertiary/aromatic N) is 1. The minimum atomic E-state index is -0.637. The molecule has 3 aromatic carbocycles. The minimum Gasteiger partial charge on any atom is -0.493 e. The molecular formula is C27H23Cl2N3O5. The van der Waals surface area contributed by atoms with Crippen LogP contribution in [0.2, 0.25) is 5.02 Å². The van der Waals surface area contributed by atoms with E-state index in [1.165, 1.54) is 0 Å². The standard InChI is InChI=1S/C27H23Cl2N3O5/c1-36-21-12-3-16(15-22(21)37-2)13-14-30-25(33)17-4-8-19(9-5-17)31-24-23(29)26(34)32(27(24)35)20-10-6-18(28)7-11-20/h3-12,15,31H,13-14H2,1-2H3,(H,30,33). The number of rotatable bonds is 9. The highest BCUT2D eigenvalue weighted by atomic mass is 35.5. The summed E-state index contributed by atoms with van der Waals surface area (Å²) in [5, 5.41) is 6.02. The summed E-state index contributed by atoms with van der Waals surface area (Å²) in [6.07, 6.45) is 0.610. The largest absolute Gasteiger partial charge is 0.493 e. The van der Waals surface area contributed by atoms with Gasteiger partial charge in [0.05, 0.1) is 19.9 Å². The summed E-state index contributed by atoms with van der Waals surface area (Å²) >= 11 is 12.1. The van der Waals surface area contributed by atoms with E-state index in [1.807, 2.05) is 18.2 Å². The van der Waals surface area contributed by atoms with Gasteiger partial charge in [0, 0.05) is 22.8 Å². The molecule has 0 aliphatic carbocycles. The minimum absolute atomic E-state index is 0.0475. The molecule has 0 bridgehead atoms. The topological polar surface area (TPSA) is 97.0 Å². The number of halogens is 2. The van der Waals surface area contributed by atoms with Gasteiger partial charge < -0.3 is 20.1 Å². The lowest BCUT2D eigenvalue weighted by atomic mass is 10.1. The number of ether oxygens (including phenoxy) is 2. The lowest BCUT2D eigenvalue weighted by Crippen LogP contribution is -2.32. The summed E-state index contributed by atoms with van der Waals surface area (Å²) in [7, 11) is 3.15. The molecule has 4 rings (SSSR count). The SMILES string of the molecule is COc1ccc(CCNC(=O)c2ccc(NC3=C(Cl)C(=O)N(c4ccc(Cl)cc4)C3=O)cc2)cc1OC. The Labute approximate surface area is 223 Å². The predicted molar refractivity (Wildman–Crippen MR) is 142 cm³/mol. The van der Waals surface area contributed by atoms with E-state index in [9.17, 15) is 14.4 Å². The summed E-state index contributed by atoms with van der Waals surface area (Å²) in [6, 6.07) is 18.4. The van der Waals surface area contributed by atoms with Gasteiger partial charge in [0.25, 0.3) is 17.7 Å². The van der Waals surface area contributed by atoms with Crippen molar-refractivity contribution in [1.82, 2.24) is 5.32 Å². The number of anilines is 2. The van der Waals surface area contributed by atoms with E-state index in [0.29, 0.717) is 46.4 Å². The first-order valence-electron chi connectivity index (χ1n) is 11.2. The van der Waals surface area contributed by atoms with Crippen molar-refractivity contribution in [3.63, 3.8) is 0 Å². The van der Waals surface area contributed by atoms with Gasteiger partial charge in [-0.2, -0.15) is 0 Å². The van der Waals surface area contributed by atoms with Gasteiger partial charge >= 0.3 is 0 Å². The molecule has 10 heteroatoms. The van der Waals surface area contributed by atoms with Gasteiger partial charge in [-0.3, -0.25) is 14.4 Å². The van der Waals surface area contributed by atoms with Crippen molar-refractivity contribution in [2.24, 2.45) is 0 Å². The molecule has 0 fully saturated rings. The van der Waals surface area contributed by atoms with Gasteiger partial charge in [-0.1, -0.05) is 29.3 Å².